The maximum atomic E-state index is 13.3. The number of hydrogen-bond donors (Lipinski definition) is 1. The summed E-state index contributed by atoms with van der Waals surface area (Å²) in [6, 6.07) is 12.7. The Balaban J connectivity index is 1.70. The minimum Gasteiger partial charge on any atom is -0.325 e. The Kier molecular flexibility index (Phi) is 7.00. The second-order valence-electron chi connectivity index (χ2n) is 7.12. The molecule has 0 aliphatic heterocycles. The van der Waals surface area contributed by atoms with Crippen LogP contribution in [-0.4, -0.2) is 30.7 Å². The molecule has 0 saturated carbocycles. The molecule has 2 aromatic heterocycles. The van der Waals surface area contributed by atoms with Gasteiger partial charge in [-0.05, 0) is 42.3 Å². The number of aromatic nitrogens is 4. The van der Waals surface area contributed by atoms with Gasteiger partial charge in [0.1, 0.15) is 5.82 Å². The van der Waals surface area contributed by atoms with Crippen molar-refractivity contribution in [3.8, 4) is 0 Å². The Morgan fingerprint density at radius 3 is 2.61 bits per heavy atom. The van der Waals surface area contributed by atoms with Gasteiger partial charge in [0.2, 0.25) is 5.91 Å². The van der Waals surface area contributed by atoms with Gasteiger partial charge in [-0.2, -0.15) is 0 Å². The van der Waals surface area contributed by atoms with Crippen LogP contribution in [0.15, 0.2) is 70.9 Å². The van der Waals surface area contributed by atoms with E-state index >= 15 is 0 Å². The van der Waals surface area contributed by atoms with Crippen LogP contribution in [0.4, 0.5) is 10.1 Å². The zero-order valence-corrected chi connectivity index (χ0v) is 19.1. The first kappa shape index (κ1) is 22.9. The number of fused-ring (bicyclic) bond motifs is 1. The van der Waals surface area contributed by atoms with Crippen molar-refractivity contribution in [3.63, 3.8) is 0 Å². The van der Waals surface area contributed by atoms with E-state index in [0.29, 0.717) is 22.3 Å². The van der Waals surface area contributed by atoms with Gasteiger partial charge in [-0.1, -0.05) is 48.5 Å². The summed E-state index contributed by atoms with van der Waals surface area (Å²) >= 11 is 7.48. The van der Waals surface area contributed by atoms with Gasteiger partial charge in [-0.3, -0.25) is 14.2 Å². The predicted molar refractivity (Wildman–Crippen MR) is 127 cm³/mol. The second-order valence-corrected chi connectivity index (χ2v) is 8.69. The van der Waals surface area contributed by atoms with E-state index in [0.717, 1.165) is 17.3 Å². The summed E-state index contributed by atoms with van der Waals surface area (Å²) in [5, 5.41) is 3.06. The summed E-state index contributed by atoms with van der Waals surface area (Å²) in [4.78, 5) is 39.0. The van der Waals surface area contributed by atoms with Gasteiger partial charge in [-0.15, -0.1) is 0 Å². The first-order valence-electron chi connectivity index (χ1n) is 10.1. The van der Waals surface area contributed by atoms with E-state index in [1.165, 1.54) is 41.2 Å². The number of thioether (sulfide) groups is 1. The quantitative estimate of drug-likeness (QED) is 0.306. The molecule has 1 unspecified atom stereocenters. The zero-order chi connectivity index (χ0) is 23.4. The van der Waals surface area contributed by atoms with Gasteiger partial charge in [0.15, 0.2) is 16.3 Å². The number of halogens is 2. The molecule has 10 heteroatoms. The van der Waals surface area contributed by atoms with Gasteiger partial charge in [0, 0.05) is 23.1 Å². The highest BCUT2D eigenvalue weighted by molar-refractivity contribution is 8.00. The fraction of sp³-hybridized carbons (Fsp3) is 0.174. The fourth-order valence-corrected chi connectivity index (χ4v) is 4.36. The molecular weight excluding hydrogens is 465 g/mol. The van der Waals surface area contributed by atoms with Crippen LogP contribution in [0, 0.1) is 5.82 Å². The molecule has 0 radical (unpaired) electrons. The lowest BCUT2D eigenvalue weighted by Crippen LogP contribution is -2.29. The number of nitrogens with one attached hydrogen (secondary N) is 1. The molecular formula is C23H19ClFN5O2S. The zero-order valence-electron chi connectivity index (χ0n) is 17.5. The van der Waals surface area contributed by atoms with Crippen molar-refractivity contribution in [2.24, 2.45) is 0 Å². The Bertz CT molecular complexity index is 1360. The standard InChI is InChI=1S/C23H19ClFN5O2S/c1-2-18(21(31)28-16-9-7-15(25)8-10-16)33-23-29-20-19(26-11-12-27-20)22(32)30(23)13-14-5-3-4-6-17(14)24/h3-12,18H,2,13H2,1H3,(H,28,31). The van der Waals surface area contributed by atoms with Crippen LogP contribution in [0.5, 0.6) is 0 Å². The molecule has 2 aromatic carbocycles. The maximum Gasteiger partial charge on any atom is 0.282 e. The Labute approximate surface area is 198 Å². The summed E-state index contributed by atoms with van der Waals surface area (Å²) in [7, 11) is 0. The highest BCUT2D eigenvalue weighted by atomic mass is 35.5. The van der Waals surface area contributed by atoms with Crippen molar-refractivity contribution in [3.05, 3.63) is 87.7 Å². The summed E-state index contributed by atoms with van der Waals surface area (Å²) in [6.45, 7) is 2.02. The van der Waals surface area contributed by atoms with Crippen LogP contribution >= 0.6 is 23.4 Å². The van der Waals surface area contributed by atoms with Gasteiger partial charge in [-0.25, -0.2) is 19.3 Å². The molecule has 1 N–H and O–H groups in total. The smallest absolute Gasteiger partial charge is 0.282 e. The minimum atomic E-state index is -0.562. The van der Waals surface area contributed by atoms with E-state index in [1.54, 1.807) is 12.1 Å². The molecule has 4 rings (SSSR count). The highest BCUT2D eigenvalue weighted by Gasteiger charge is 2.23. The molecule has 1 atom stereocenters. The molecule has 0 fully saturated rings. The van der Waals surface area contributed by atoms with Crippen LogP contribution < -0.4 is 10.9 Å². The van der Waals surface area contributed by atoms with E-state index in [4.69, 9.17) is 11.6 Å². The summed E-state index contributed by atoms with van der Waals surface area (Å²) < 4.78 is 14.6. The minimum absolute atomic E-state index is 0.137. The van der Waals surface area contributed by atoms with Crippen molar-refractivity contribution >= 4 is 46.1 Å². The Morgan fingerprint density at radius 2 is 1.88 bits per heavy atom. The second kappa shape index (κ2) is 10.1. The van der Waals surface area contributed by atoms with E-state index in [2.05, 4.69) is 20.3 Å². The number of carbonyl (C=O) groups is 1. The third-order valence-electron chi connectivity index (χ3n) is 4.87. The van der Waals surface area contributed by atoms with Crippen molar-refractivity contribution in [1.29, 1.82) is 0 Å². The van der Waals surface area contributed by atoms with E-state index in [9.17, 15) is 14.0 Å². The topological polar surface area (TPSA) is 89.8 Å². The molecule has 0 aliphatic rings. The number of anilines is 1. The van der Waals surface area contributed by atoms with Crippen molar-refractivity contribution in [2.45, 2.75) is 30.3 Å². The normalized spacial score (nSPS) is 12.0. The summed E-state index contributed by atoms with van der Waals surface area (Å²) in [6.07, 6.45) is 3.36. The largest absolute Gasteiger partial charge is 0.325 e. The first-order valence-corrected chi connectivity index (χ1v) is 11.4. The molecule has 0 bridgehead atoms. The molecule has 7 nitrogen and oxygen atoms in total. The van der Waals surface area contributed by atoms with Crippen molar-refractivity contribution in [2.75, 3.05) is 5.32 Å². The monoisotopic (exact) mass is 483 g/mol. The lowest BCUT2D eigenvalue weighted by Gasteiger charge is -2.18. The number of benzene rings is 2. The third-order valence-corrected chi connectivity index (χ3v) is 6.59. The molecule has 0 saturated heterocycles. The molecule has 168 valence electrons. The van der Waals surface area contributed by atoms with Gasteiger partial charge in [0.05, 0.1) is 11.8 Å². The molecule has 33 heavy (non-hydrogen) atoms. The van der Waals surface area contributed by atoms with Crippen LogP contribution in [-0.2, 0) is 11.3 Å². The molecule has 2 heterocycles. The Morgan fingerprint density at radius 1 is 1.15 bits per heavy atom. The van der Waals surface area contributed by atoms with E-state index in [1.807, 2.05) is 19.1 Å². The number of hydrogen-bond acceptors (Lipinski definition) is 6. The van der Waals surface area contributed by atoms with Crippen LogP contribution in [0.1, 0.15) is 18.9 Å². The lowest BCUT2D eigenvalue weighted by molar-refractivity contribution is -0.115. The summed E-state index contributed by atoms with van der Waals surface area (Å²) in [5.41, 5.74) is 1.18. The fourth-order valence-electron chi connectivity index (χ4n) is 3.16. The number of amides is 1. The highest BCUT2D eigenvalue weighted by Crippen LogP contribution is 2.27. The molecule has 0 spiro atoms. The van der Waals surface area contributed by atoms with E-state index in [-0.39, 0.29) is 35.0 Å². The molecule has 1 amide bonds. The first-order chi connectivity index (χ1) is 16.0. The van der Waals surface area contributed by atoms with Crippen LogP contribution in [0.2, 0.25) is 5.02 Å². The number of carbonyl (C=O) groups excluding carboxylic acids is 1. The third kappa shape index (κ3) is 5.20. The average Bonchev–Trinajstić information content (AvgIpc) is 2.82. The Hall–Kier alpha value is -3.30. The molecule has 4 aromatic rings. The van der Waals surface area contributed by atoms with Gasteiger partial charge < -0.3 is 5.32 Å². The van der Waals surface area contributed by atoms with Crippen molar-refractivity contribution in [1.82, 2.24) is 19.5 Å². The molecule has 0 aliphatic carbocycles. The maximum absolute atomic E-state index is 13.3. The van der Waals surface area contributed by atoms with Crippen LogP contribution in [0.3, 0.4) is 0 Å². The SMILES string of the molecule is CCC(Sc1nc2nccnc2c(=O)n1Cc1ccccc1Cl)C(=O)Nc1ccc(F)cc1. The predicted octanol–water partition coefficient (Wildman–Crippen LogP) is 4.54. The summed E-state index contributed by atoms with van der Waals surface area (Å²) in [5.74, 6) is -0.675. The number of rotatable bonds is 7. The van der Waals surface area contributed by atoms with Crippen LogP contribution in [0.25, 0.3) is 11.2 Å². The van der Waals surface area contributed by atoms with E-state index < -0.39 is 5.25 Å². The van der Waals surface area contributed by atoms with Gasteiger partial charge >= 0.3 is 0 Å². The lowest BCUT2D eigenvalue weighted by atomic mass is 10.2. The number of nitrogens with zero attached hydrogens (tertiary/aromatic N) is 4. The van der Waals surface area contributed by atoms with Gasteiger partial charge in [0.25, 0.3) is 5.56 Å². The average molecular weight is 484 g/mol. The van der Waals surface area contributed by atoms with Crippen molar-refractivity contribution < 1.29 is 9.18 Å².